The van der Waals surface area contributed by atoms with E-state index in [-0.39, 0.29) is 5.05 Å². The minimum absolute atomic E-state index is 0.280. The second kappa shape index (κ2) is 13.2. The second-order valence-corrected chi connectivity index (χ2v) is 8.14. The summed E-state index contributed by atoms with van der Waals surface area (Å²) in [4.78, 5) is 0. The molecule has 0 bridgehead atoms. The molecule has 1 aliphatic heterocycles. The third-order valence-electron chi connectivity index (χ3n) is 4.97. The van der Waals surface area contributed by atoms with Crippen molar-refractivity contribution in [3.63, 3.8) is 0 Å². The zero-order valence-corrected chi connectivity index (χ0v) is 17.1. The Hall–Kier alpha value is -0.0600. The molecule has 0 aromatic rings. The Labute approximate surface area is 159 Å². The first-order valence-corrected chi connectivity index (χ1v) is 10.9. The molecule has 24 heavy (non-hydrogen) atoms. The summed E-state index contributed by atoms with van der Waals surface area (Å²) in [5.41, 5.74) is -0.969. The van der Waals surface area contributed by atoms with Crippen LogP contribution in [0.1, 0.15) is 110 Å². The van der Waals surface area contributed by atoms with Gasteiger partial charge in [0, 0.05) is 0 Å². The van der Waals surface area contributed by atoms with Gasteiger partial charge in [-0.2, -0.15) is 0 Å². The van der Waals surface area contributed by atoms with Crippen LogP contribution in [0.2, 0.25) is 0 Å². The SMILES string of the molecule is CCCCCCCCCCCCCCCCC1(O)CC(=S)OC1=S. The van der Waals surface area contributed by atoms with Gasteiger partial charge in [-0.1, -0.05) is 96.8 Å². The molecule has 0 spiro atoms. The van der Waals surface area contributed by atoms with Crippen LogP contribution in [0, 0.1) is 0 Å². The number of ether oxygens (including phenoxy) is 1. The molecule has 0 amide bonds. The summed E-state index contributed by atoms with van der Waals surface area (Å²) >= 11 is 10.1. The first-order chi connectivity index (χ1) is 11.6. The highest BCUT2D eigenvalue weighted by Crippen LogP contribution is 2.29. The van der Waals surface area contributed by atoms with Gasteiger partial charge >= 0.3 is 0 Å². The number of rotatable bonds is 15. The van der Waals surface area contributed by atoms with Gasteiger partial charge in [0.25, 0.3) is 0 Å². The lowest BCUT2D eigenvalue weighted by molar-refractivity contribution is 0.109. The summed E-state index contributed by atoms with van der Waals surface area (Å²) in [6.45, 7) is 2.27. The van der Waals surface area contributed by atoms with Gasteiger partial charge in [-0.3, -0.25) is 0 Å². The number of aliphatic hydroxyl groups is 1. The molecule has 2 nitrogen and oxygen atoms in total. The van der Waals surface area contributed by atoms with Crippen LogP contribution in [-0.4, -0.2) is 20.8 Å². The van der Waals surface area contributed by atoms with Crippen LogP contribution in [0.4, 0.5) is 0 Å². The Bertz CT molecular complexity index is 371. The fourth-order valence-electron chi connectivity index (χ4n) is 3.35. The molecule has 0 radical (unpaired) electrons. The summed E-state index contributed by atoms with van der Waals surface area (Å²) in [5, 5.41) is 11.1. The molecule has 1 fully saturated rings. The lowest BCUT2D eigenvalue weighted by Crippen LogP contribution is -2.32. The van der Waals surface area contributed by atoms with E-state index in [4.69, 9.17) is 29.2 Å². The first-order valence-electron chi connectivity index (χ1n) is 10.1. The fraction of sp³-hybridized carbons (Fsp3) is 0.900. The Kier molecular flexibility index (Phi) is 12.1. The molecule has 0 saturated carbocycles. The molecular formula is C20H36O2S2. The molecule has 1 rings (SSSR count). The molecule has 0 aromatic carbocycles. The van der Waals surface area contributed by atoms with Gasteiger partial charge in [0.1, 0.15) is 5.60 Å². The molecule has 0 aromatic heterocycles. The lowest BCUT2D eigenvalue weighted by Gasteiger charge is -2.18. The largest absolute Gasteiger partial charge is 0.440 e. The maximum absolute atomic E-state index is 10.4. The van der Waals surface area contributed by atoms with Crippen molar-refractivity contribution < 1.29 is 9.84 Å². The molecule has 1 unspecified atom stereocenters. The highest BCUT2D eigenvalue weighted by molar-refractivity contribution is 7.81. The predicted molar refractivity (Wildman–Crippen MR) is 111 cm³/mol. The van der Waals surface area contributed by atoms with Crippen molar-refractivity contribution in [3.05, 3.63) is 0 Å². The zero-order valence-electron chi connectivity index (χ0n) is 15.5. The van der Waals surface area contributed by atoms with Gasteiger partial charge in [0.05, 0.1) is 6.42 Å². The topological polar surface area (TPSA) is 29.5 Å². The van der Waals surface area contributed by atoms with Crippen molar-refractivity contribution in [1.82, 2.24) is 0 Å². The zero-order chi connectivity index (χ0) is 17.7. The minimum atomic E-state index is -0.969. The van der Waals surface area contributed by atoms with E-state index < -0.39 is 5.60 Å². The van der Waals surface area contributed by atoms with Crippen LogP contribution in [0.25, 0.3) is 0 Å². The molecule has 4 heteroatoms. The van der Waals surface area contributed by atoms with Crippen LogP contribution in [0.15, 0.2) is 0 Å². The summed E-state index contributed by atoms with van der Waals surface area (Å²) < 4.78 is 5.16. The summed E-state index contributed by atoms with van der Waals surface area (Å²) in [7, 11) is 0. The van der Waals surface area contributed by atoms with E-state index in [2.05, 4.69) is 6.92 Å². The summed E-state index contributed by atoms with van der Waals surface area (Å²) in [5.74, 6) is 0. The molecule has 1 aliphatic rings. The van der Waals surface area contributed by atoms with Gasteiger partial charge in [0.2, 0.25) is 0 Å². The van der Waals surface area contributed by atoms with Gasteiger partial charge < -0.3 is 9.84 Å². The molecule has 1 heterocycles. The van der Waals surface area contributed by atoms with Gasteiger partial charge in [-0.05, 0) is 30.9 Å². The van der Waals surface area contributed by atoms with E-state index >= 15 is 0 Å². The van der Waals surface area contributed by atoms with Crippen LogP contribution < -0.4 is 0 Å². The number of unbranched alkanes of at least 4 members (excludes halogenated alkanes) is 13. The molecule has 140 valence electrons. The first kappa shape index (κ1) is 22.0. The van der Waals surface area contributed by atoms with Gasteiger partial charge in [0.15, 0.2) is 10.1 Å². The number of hydrogen-bond acceptors (Lipinski definition) is 4. The Balaban J connectivity index is 1.83. The molecular weight excluding hydrogens is 336 g/mol. The predicted octanol–water partition coefficient (Wildman–Crippen LogP) is 6.66. The van der Waals surface area contributed by atoms with Crippen LogP contribution in [-0.2, 0) is 4.74 Å². The maximum atomic E-state index is 10.4. The average molecular weight is 373 g/mol. The van der Waals surface area contributed by atoms with Gasteiger partial charge in [-0.25, -0.2) is 0 Å². The third-order valence-corrected chi connectivity index (χ3v) is 5.66. The number of thiocarbonyl (C=S) groups is 2. The average Bonchev–Trinajstić information content (AvgIpc) is 2.80. The smallest absolute Gasteiger partial charge is 0.200 e. The fourth-order valence-corrected chi connectivity index (χ4v) is 4.00. The van der Waals surface area contributed by atoms with Crippen LogP contribution >= 0.6 is 24.4 Å². The Morgan fingerprint density at radius 3 is 1.58 bits per heavy atom. The Morgan fingerprint density at radius 2 is 1.21 bits per heavy atom. The molecule has 1 atom stereocenters. The van der Waals surface area contributed by atoms with E-state index in [1.165, 1.54) is 77.0 Å². The van der Waals surface area contributed by atoms with E-state index in [0.717, 1.165) is 12.8 Å². The van der Waals surface area contributed by atoms with Crippen LogP contribution in [0.3, 0.4) is 0 Å². The minimum Gasteiger partial charge on any atom is -0.440 e. The van der Waals surface area contributed by atoms with Crippen molar-refractivity contribution in [2.24, 2.45) is 0 Å². The van der Waals surface area contributed by atoms with Crippen molar-refractivity contribution in [3.8, 4) is 0 Å². The quantitative estimate of drug-likeness (QED) is 0.257. The van der Waals surface area contributed by atoms with E-state index in [1.54, 1.807) is 0 Å². The van der Waals surface area contributed by atoms with E-state index in [1.807, 2.05) is 0 Å². The normalized spacial score (nSPS) is 20.6. The number of hydrogen-bond donors (Lipinski definition) is 1. The maximum Gasteiger partial charge on any atom is 0.200 e. The summed E-state index contributed by atoms with van der Waals surface area (Å²) in [6.07, 6.45) is 19.8. The monoisotopic (exact) mass is 372 g/mol. The Morgan fingerprint density at radius 1 is 0.792 bits per heavy atom. The van der Waals surface area contributed by atoms with Crippen molar-refractivity contribution in [1.29, 1.82) is 0 Å². The highest BCUT2D eigenvalue weighted by atomic mass is 32.1. The van der Waals surface area contributed by atoms with Crippen LogP contribution in [0.5, 0.6) is 0 Å². The summed E-state index contributed by atoms with van der Waals surface area (Å²) in [6, 6.07) is 0. The van der Waals surface area contributed by atoms with E-state index in [0.29, 0.717) is 17.9 Å². The van der Waals surface area contributed by atoms with Crippen molar-refractivity contribution in [2.45, 2.75) is 115 Å². The standard InChI is InChI=1S/C20H36O2S2/c1-2-3-4-5-6-7-8-9-10-11-12-13-14-15-16-20(21)17-18(23)22-19(20)24/h21H,2-17H2,1H3. The third kappa shape index (κ3) is 9.43. The van der Waals surface area contributed by atoms with Gasteiger partial charge in [-0.15, -0.1) is 0 Å². The van der Waals surface area contributed by atoms with E-state index in [9.17, 15) is 5.11 Å². The highest BCUT2D eigenvalue weighted by Gasteiger charge is 2.41. The molecule has 1 N–H and O–H groups in total. The second-order valence-electron chi connectivity index (χ2n) is 7.32. The van der Waals surface area contributed by atoms with Crippen molar-refractivity contribution >= 4 is 34.5 Å². The molecule has 0 aliphatic carbocycles. The lowest BCUT2D eigenvalue weighted by atomic mass is 9.95. The molecule has 1 saturated heterocycles. The van der Waals surface area contributed by atoms with Crippen molar-refractivity contribution in [2.75, 3.05) is 0 Å².